The van der Waals surface area contributed by atoms with Gasteiger partial charge in [-0.05, 0) is 31.9 Å². The van der Waals surface area contributed by atoms with Crippen LogP contribution < -0.4 is 16.0 Å². The number of hydrogen-bond donors (Lipinski definition) is 2. The molecule has 0 bridgehead atoms. The third-order valence-electron chi connectivity index (χ3n) is 4.27. The first-order chi connectivity index (χ1) is 12.0. The zero-order valence-corrected chi connectivity index (χ0v) is 13.9. The third kappa shape index (κ3) is 3.90. The zero-order chi connectivity index (χ0) is 17.8. The highest BCUT2D eigenvalue weighted by Gasteiger charge is 2.27. The monoisotopic (exact) mass is 344 g/mol. The number of nitrogens with zero attached hydrogens (tertiary/aromatic N) is 6. The van der Waals surface area contributed by atoms with Crippen molar-refractivity contribution in [3.8, 4) is 5.82 Å². The van der Waals surface area contributed by atoms with Gasteiger partial charge in [0.25, 0.3) is 0 Å². The Morgan fingerprint density at radius 3 is 2.48 bits per heavy atom. The predicted octanol–water partition coefficient (Wildman–Crippen LogP) is -0.736. The van der Waals surface area contributed by atoms with Crippen molar-refractivity contribution in [2.45, 2.75) is 25.8 Å². The van der Waals surface area contributed by atoms with E-state index in [1.54, 1.807) is 13.3 Å². The van der Waals surface area contributed by atoms with E-state index in [0.29, 0.717) is 31.7 Å². The largest absolute Gasteiger partial charge is 0.368 e. The van der Waals surface area contributed by atoms with Crippen molar-refractivity contribution in [2.24, 2.45) is 11.7 Å². The lowest BCUT2D eigenvalue weighted by molar-refractivity contribution is -0.130. The molecule has 0 spiro atoms. The Morgan fingerprint density at radius 1 is 1.24 bits per heavy atom. The molecule has 1 unspecified atom stereocenters. The number of rotatable bonds is 5. The summed E-state index contributed by atoms with van der Waals surface area (Å²) in [5.41, 5.74) is 5.17. The number of carbonyl (C=O) groups excluding carboxylic acids is 2. The van der Waals surface area contributed by atoms with Gasteiger partial charge < -0.3 is 16.0 Å². The van der Waals surface area contributed by atoms with E-state index in [1.165, 1.54) is 11.0 Å². The smallest absolute Gasteiger partial charge is 0.239 e. The lowest BCUT2D eigenvalue weighted by Gasteiger charge is -2.32. The Balaban J connectivity index is 1.55. The Hall–Kier alpha value is -3.04. The van der Waals surface area contributed by atoms with E-state index >= 15 is 0 Å². The van der Waals surface area contributed by atoms with Crippen molar-refractivity contribution < 1.29 is 9.59 Å². The third-order valence-corrected chi connectivity index (χ3v) is 4.27. The first kappa shape index (κ1) is 16.8. The summed E-state index contributed by atoms with van der Waals surface area (Å²) in [4.78, 5) is 29.1. The molecule has 2 amide bonds. The fourth-order valence-corrected chi connectivity index (χ4v) is 2.71. The number of carbonyl (C=O) groups is 2. The van der Waals surface area contributed by atoms with Crippen molar-refractivity contribution in [3.05, 3.63) is 24.8 Å². The maximum absolute atomic E-state index is 12.2. The normalized spacial score (nSPS) is 16.4. The summed E-state index contributed by atoms with van der Waals surface area (Å²) in [5.74, 6) is 0.566. The molecule has 1 saturated heterocycles. The van der Waals surface area contributed by atoms with Crippen molar-refractivity contribution in [2.75, 3.05) is 18.0 Å². The molecule has 1 aliphatic rings. The number of primary amides is 1. The van der Waals surface area contributed by atoms with Gasteiger partial charge >= 0.3 is 0 Å². The Labute approximate surface area is 144 Å². The Kier molecular flexibility index (Phi) is 4.87. The average Bonchev–Trinajstić information content (AvgIpc) is 3.16. The summed E-state index contributed by atoms with van der Waals surface area (Å²) in [6.45, 7) is 2.97. The molecule has 1 fully saturated rings. The maximum Gasteiger partial charge on any atom is 0.239 e. The molecule has 0 saturated carbocycles. The van der Waals surface area contributed by atoms with Crippen molar-refractivity contribution in [3.63, 3.8) is 0 Å². The molecule has 3 rings (SSSR count). The fourth-order valence-electron chi connectivity index (χ4n) is 2.71. The van der Waals surface area contributed by atoms with Crippen LogP contribution >= 0.6 is 0 Å². The minimum atomic E-state index is -0.652. The van der Waals surface area contributed by atoms with E-state index in [1.807, 2.05) is 12.1 Å². The number of nitrogens with one attached hydrogen (secondary N) is 1. The van der Waals surface area contributed by atoms with E-state index in [0.717, 1.165) is 5.82 Å². The molecule has 0 aliphatic carbocycles. The SMILES string of the molecule is CC(NC(=O)C1CCN(c2ccc(-n3cncn3)nn2)CC1)C(N)=O. The lowest BCUT2D eigenvalue weighted by atomic mass is 9.95. The number of nitrogens with two attached hydrogens (primary N) is 1. The molecule has 3 N–H and O–H groups in total. The molecular weight excluding hydrogens is 324 g/mol. The molecule has 1 aliphatic heterocycles. The van der Waals surface area contributed by atoms with Gasteiger partial charge in [-0.15, -0.1) is 10.2 Å². The van der Waals surface area contributed by atoms with Crippen LogP contribution in [-0.4, -0.2) is 55.9 Å². The molecule has 10 nitrogen and oxygen atoms in total. The van der Waals surface area contributed by atoms with Crippen LogP contribution in [-0.2, 0) is 9.59 Å². The van der Waals surface area contributed by atoms with E-state index in [-0.39, 0.29) is 11.8 Å². The lowest BCUT2D eigenvalue weighted by Crippen LogP contribution is -2.47. The van der Waals surface area contributed by atoms with E-state index < -0.39 is 11.9 Å². The molecule has 25 heavy (non-hydrogen) atoms. The first-order valence-corrected chi connectivity index (χ1v) is 8.08. The standard InChI is InChI=1S/C15H20N8O2/c1-10(14(16)24)19-15(25)11-4-6-22(7-5-11)12-2-3-13(21-20-12)23-9-17-8-18-23/h2-3,8-11H,4-7H2,1H3,(H2,16,24)(H,19,25). The van der Waals surface area contributed by atoms with Crippen LogP contribution in [0.3, 0.4) is 0 Å². The van der Waals surface area contributed by atoms with Gasteiger partial charge in [0.2, 0.25) is 11.8 Å². The number of amides is 2. The van der Waals surface area contributed by atoms with Gasteiger partial charge in [0, 0.05) is 19.0 Å². The van der Waals surface area contributed by atoms with Crippen molar-refractivity contribution in [1.29, 1.82) is 0 Å². The van der Waals surface area contributed by atoms with Crippen LogP contribution in [0.15, 0.2) is 24.8 Å². The van der Waals surface area contributed by atoms with Crippen LogP contribution in [0.1, 0.15) is 19.8 Å². The van der Waals surface area contributed by atoms with Crippen LogP contribution in [0.25, 0.3) is 5.82 Å². The molecule has 0 aromatic carbocycles. The molecule has 132 valence electrons. The second-order valence-corrected chi connectivity index (χ2v) is 5.98. The summed E-state index contributed by atoms with van der Waals surface area (Å²) in [6, 6.07) is 3.05. The molecule has 2 aromatic heterocycles. The summed E-state index contributed by atoms with van der Waals surface area (Å²) < 4.78 is 1.53. The summed E-state index contributed by atoms with van der Waals surface area (Å²) in [7, 11) is 0. The van der Waals surface area contributed by atoms with Gasteiger partial charge in [-0.2, -0.15) is 5.10 Å². The number of hydrogen-bond acceptors (Lipinski definition) is 7. The molecular formula is C15H20N8O2. The number of piperidine rings is 1. The zero-order valence-electron chi connectivity index (χ0n) is 13.9. The second kappa shape index (κ2) is 7.24. The van der Waals surface area contributed by atoms with E-state index in [2.05, 4.69) is 30.5 Å². The highest BCUT2D eigenvalue weighted by molar-refractivity contribution is 5.87. The van der Waals surface area contributed by atoms with Crippen LogP contribution in [0.2, 0.25) is 0 Å². The minimum Gasteiger partial charge on any atom is -0.368 e. The number of aromatic nitrogens is 5. The topological polar surface area (TPSA) is 132 Å². The maximum atomic E-state index is 12.2. The molecule has 3 heterocycles. The molecule has 2 aromatic rings. The quantitative estimate of drug-likeness (QED) is 0.730. The van der Waals surface area contributed by atoms with Gasteiger partial charge in [-0.25, -0.2) is 9.67 Å². The van der Waals surface area contributed by atoms with E-state index in [4.69, 9.17) is 5.73 Å². The van der Waals surface area contributed by atoms with Crippen LogP contribution in [0.4, 0.5) is 5.82 Å². The van der Waals surface area contributed by atoms with E-state index in [9.17, 15) is 9.59 Å². The first-order valence-electron chi connectivity index (χ1n) is 8.08. The fraction of sp³-hybridized carbons (Fsp3) is 0.467. The van der Waals surface area contributed by atoms with Gasteiger partial charge in [-0.3, -0.25) is 9.59 Å². The van der Waals surface area contributed by atoms with Gasteiger partial charge in [0.05, 0.1) is 0 Å². The highest BCUT2D eigenvalue weighted by atomic mass is 16.2. The van der Waals surface area contributed by atoms with Crippen LogP contribution in [0.5, 0.6) is 0 Å². The van der Waals surface area contributed by atoms with Gasteiger partial charge in [-0.1, -0.05) is 0 Å². The molecule has 1 atom stereocenters. The van der Waals surface area contributed by atoms with Crippen LogP contribution in [0, 0.1) is 5.92 Å². The highest BCUT2D eigenvalue weighted by Crippen LogP contribution is 2.22. The molecule has 10 heteroatoms. The Bertz CT molecular complexity index is 722. The number of anilines is 1. The summed E-state index contributed by atoms with van der Waals surface area (Å²) in [6.07, 6.45) is 4.36. The summed E-state index contributed by atoms with van der Waals surface area (Å²) >= 11 is 0. The Morgan fingerprint density at radius 2 is 1.92 bits per heavy atom. The van der Waals surface area contributed by atoms with Gasteiger partial charge in [0.1, 0.15) is 18.7 Å². The average molecular weight is 344 g/mol. The predicted molar refractivity (Wildman–Crippen MR) is 88.7 cm³/mol. The molecule has 0 radical (unpaired) electrons. The summed E-state index contributed by atoms with van der Waals surface area (Å²) in [5, 5.41) is 15.0. The second-order valence-electron chi connectivity index (χ2n) is 5.98. The van der Waals surface area contributed by atoms with Crippen molar-refractivity contribution in [1.82, 2.24) is 30.3 Å². The minimum absolute atomic E-state index is 0.125. The van der Waals surface area contributed by atoms with Crippen molar-refractivity contribution >= 4 is 17.6 Å². The van der Waals surface area contributed by atoms with Gasteiger partial charge in [0.15, 0.2) is 11.6 Å².